The Morgan fingerprint density at radius 1 is 1.34 bits per heavy atom. The second kappa shape index (κ2) is 8.95. The molecule has 3 rings (SSSR count). The van der Waals surface area contributed by atoms with Crippen LogP contribution in [0.1, 0.15) is 40.8 Å². The van der Waals surface area contributed by atoms with E-state index in [-0.39, 0.29) is 0 Å². The Hall–Kier alpha value is -3.07. The van der Waals surface area contributed by atoms with Crippen molar-refractivity contribution >= 4 is 23.5 Å². The van der Waals surface area contributed by atoms with Crippen molar-refractivity contribution in [2.24, 2.45) is 5.73 Å². The summed E-state index contributed by atoms with van der Waals surface area (Å²) in [7, 11) is 0. The number of nitriles is 2. The van der Waals surface area contributed by atoms with Crippen molar-refractivity contribution in [1.29, 1.82) is 10.5 Å². The van der Waals surface area contributed by atoms with Gasteiger partial charge in [-0.2, -0.15) is 10.5 Å². The van der Waals surface area contributed by atoms with Gasteiger partial charge in [0, 0.05) is 13.1 Å². The van der Waals surface area contributed by atoms with E-state index < -0.39 is 17.3 Å². The van der Waals surface area contributed by atoms with Gasteiger partial charge in [0.05, 0.1) is 17.2 Å². The molecule has 8 heteroatoms. The number of rotatable bonds is 6. The Morgan fingerprint density at radius 2 is 2.03 bits per heavy atom. The van der Waals surface area contributed by atoms with Gasteiger partial charge in [-0.3, -0.25) is 4.79 Å². The molecule has 1 saturated heterocycles. The minimum Gasteiger partial charge on any atom is -0.391 e. The lowest BCUT2D eigenvalue weighted by molar-refractivity contribution is -0.117. The van der Waals surface area contributed by atoms with Gasteiger partial charge in [0.25, 0.3) is 0 Å². The monoisotopic (exact) mass is 407 g/mol. The largest absolute Gasteiger partial charge is 0.391 e. The van der Waals surface area contributed by atoms with Crippen LogP contribution in [-0.2, 0) is 11.2 Å². The van der Waals surface area contributed by atoms with Crippen molar-refractivity contribution in [3.63, 3.8) is 0 Å². The molecule has 29 heavy (non-hydrogen) atoms. The standard InChI is InChI=1S/C21H21N5O2S/c1-2-15-16(10-22)20(26-9-8-14(27)12-26)25-21(17(15)11-23)29-18(19(24)28)13-6-4-3-5-7-13/h3-7,14,18,27H,2,8-9,12H2,1H3,(H2,24,28)/t14-,18?/m0/s1. The van der Waals surface area contributed by atoms with Gasteiger partial charge in [-0.1, -0.05) is 49.0 Å². The summed E-state index contributed by atoms with van der Waals surface area (Å²) < 4.78 is 0. The lowest BCUT2D eigenvalue weighted by Gasteiger charge is -2.22. The smallest absolute Gasteiger partial charge is 0.235 e. The zero-order valence-corrected chi connectivity index (χ0v) is 16.8. The minimum atomic E-state index is -0.717. The van der Waals surface area contributed by atoms with Crippen LogP contribution in [0.2, 0.25) is 0 Å². The predicted molar refractivity (Wildman–Crippen MR) is 110 cm³/mol. The summed E-state index contributed by atoms with van der Waals surface area (Å²) in [5, 5.41) is 29.1. The van der Waals surface area contributed by atoms with Crippen molar-refractivity contribution < 1.29 is 9.90 Å². The molecule has 3 N–H and O–H groups in total. The quantitative estimate of drug-likeness (QED) is 0.703. The van der Waals surface area contributed by atoms with Crippen LogP contribution in [0.25, 0.3) is 0 Å². The number of primary amides is 1. The van der Waals surface area contributed by atoms with E-state index in [4.69, 9.17) is 5.73 Å². The van der Waals surface area contributed by atoms with Crippen molar-refractivity contribution in [3.8, 4) is 12.1 Å². The normalized spacial score (nSPS) is 16.8. The van der Waals surface area contributed by atoms with E-state index in [1.165, 1.54) is 0 Å². The van der Waals surface area contributed by atoms with E-state index in [0.29, 0.717) is 53.5 Å². The first kappa shape index (κ1) is 20.7. The van der Waals surface area contributed by atoms with E-state index in [2.05, 4.69) is 17.1 Å². The number of β-amino-alcohol motifs (C(OH)–C–C–N with tert-alkyl or cyclic N) is 1. The molecule has 2 atom stereocenters. The number of anilines is 1. The highest BCUT2D eigenvalue weighted by Crippen LogP contribution is 2.39. The Labute approximate surface area is 173 Å². The van der Waals surface area contributed by atoms with E-state index in [9.17, 15) is 20.4 Å². The number of carbonyl (C=O) groups excluding carboxylic acids is 1. The van der Waals surface area contributed by atoms with Gasteiger partial charge in [-0.25, -0.2) is 4.98 Å². The highest BCUT2D eigenvalue weighted by Gasteiger charge is 2.29. The molecule has 0 radical (unpaired) electrons. The molecule has 0 bridgehead atoms. The summed E-state index contributed by atoms with van der Waals surface area (Å²) in [6.45, 7) is 2.82. The highest BCUT2D eigenvalue weighted by atomic mass is 32.2. The van der Waals surface area contributed by atoms with Crippen LogP contribution in [0, 0.1) is 22.7 Å². The lowest BCUT2D eigenvalue weighted by Crippen LogP contribution is -2.25. The van der Waals surface area contributed by atoms with Crippen LogP contribution in [0.5, 0.6) is 0 Å². The summed E-state index contributed by atoms with van der Waals surface area (Å²) in [5.41, 5.74) is 7.60. The highest BCUT2D eigenvalue weighted by molar-refractivity contribution is 8.00. The molecule has 1 aliphatic rings. The summed E-state index contributed by atoms with van der Waals surface area (Å²) in [4.78, 5) is 18.6. The molecule has 1 amide bonds. The average Bonchev–Trinajstić information content (AvgIpc) is 3.17. The van der Waals surface area contributed by atoms with Crippen LogP contribution in [0.4, 0.5) is 5.82 Å². The number of hydrogen-bond acceptors (Lipinski definition) is 7. The van der Waals surface area contributed by atoms with Gasteiger partial charge in [-0.15, -0.1) is 0 Å². The molecular weight excluding hydrogens is 386 g/mol. The van der Waals surface area contributed by atoms with Crippen LogP contribution < -0.4 is 10.6 Å². The molecule has 1 aromatic heterocycles. The third kappa shape index (κ3) is 4.19. The fourth-order valence-corrected chi connectivity index (χ4v) is 4.52. The molecule has 0 aliphatic carbocycles. The number of aliphatic hydroxyl groups is 1. The maximum Gasteiger partial charge on any atom is 0.235 e. The number of hydrogen-bond donors (Lipinski definition) is 2. The number of carbonyl (C=O) groups is 1. The third-order valence-electron chi connectivity index (χ3n) is 4.88. The Morgan fingerprint density at radius 3 is 2.55 bits per heavy atom. The maximum atomic E-state index is 12.2. The van der Waals surface area contributed by atoms with Crippen LogP contribution >= 0.6 is 11.8 Å². The van der Waals surface area contributed by atoms with Crippen LogP contribution in [0.3, 0.4) is 0 Å². The number of aliphatic hydroxyl groups excluding tert-OH is 1. The zero-order chi connectivity index (χ0) is 21.0. The number of amides is 1. The van der Waals surface area contributed by atoms with Gasteiger partial charge < -0.3 is 15.7 Å². The molecule has 0 saturated carbocycles. The second-order valence-corrected chi connectivity index (χ2v) is 7.84. The van der Waals surface area contributed by atoms with Crippen molar-refractivity contribution in [2.75, 3.05) is 18.0 Å². The molecule has 7 nitrogen and oxygen atoms in total. The van der Waals surface area contributed by atoms with E-state index in [1.54, 1.807) is 12.1 Å². The fraction of sp³-hybridized carbons (Fsp3) is 0.333. The molecule has 148 valence electrons. The maximum absolute atomic E-state index is 12.2. The molecule has 2 aromatic rings. The van der Waals surface area contributed by atoms with Gasteiger partial charge >= 0.3 is 0 Å². The first-order chi connectivity index (χ1) is 14.0. The van der Waals surface area contributed by atoms with Crippen molar-refractivity contribution in [2.45, 2.75) is 36.1 Å². The summed E-state index contributed by atoms with van der Waals surface area (Å²) >= 11 is 1.12. The summed E-state index contributed by atoms with van der Waals surface area (Å²) in [5.74, 6) is -0.0916. The molecule has 1 aromatic carbocycles. The van der Waals surface area contributed by atoms with Gasteiger partial charge in [0.1, 0.15) is 28.2 Å². The number of benzene rings is 1. The Bertz CT molecular complexity index is 997. The molecule has 1 aliphatic heterocycles. The van der Waals surface area contributed by atoms with Gasteiger partial charge in [0.2, 0.25) is 5.91 Å². The molecule has 2 heterocycles. The number of thioether (sulfide) groups is 1. The molecule has 1 unspecified atom stereocenters. The molecule has 1 fully saturated rings. The summed E-state index contributed by atoms with van der Waals surface area (Å²) in [6, 6.07) is 13.4. The van der Waals surface area contributed by atoms with Crippen molar-refractivity contribution in [3.05, 3.63) is 52.6 Å². The Balaban J connectivity index is 2.13. The van der Waals surface area contributed by atoms with Crippen molar-refractivity contribution in [1.82, 2.24) is 4.98 Å². The first-order valence-corrected chi connectivity index (χ1v) is 10.2. The van der Waals surface area contributed by atoms with E-state index in [1.807, 2.05) is 30.0 Å². The Kier molecular flexibility index (Phi) is 6.38. The fourth-order valence-electron chi connectivity index (χ4n) is 3.46. The second-order valence-electron chi connectivity index (χ2n) is 6.75. The predicted octanol–water partition coefficient (Wildman–Crippen LogP) is 2.28. The first-order valence-electron chi connectivity index (χ1n) is 9.31. The SMILES string of the molecule is CCc1c(C#N)c(SC(C(N)=O)c2ccccc2)nc(N2CC[C@H](O)C2)c1C#N. The third-order valence-corrected chi connectivity index (χ3v) is 6.14. The lowest BCUT2D eigenvalue weighted by atomic mass is 10.0. The topological polar surface area (TPSA) is 127 Å². The zero-order valence-electron chi connectivity index (χ0n) is 16.0. The van der Waals surface area contributed by atoms with E-state index in [0.717, 1.165) is 17.3 Å². The van der Waals surface area contributed by atoms with E-state index >= 15 is 0 Å². The minimum absolute atomic E-state index is 0.291. The van der Waals surface area contributed by atoms with Gasteiger partial charge in [0.15, 0.2) is 0 Å². The number of nitrogens with two attached hydrogens (primary N) is 1. The molecular formula is C21H21N5O2S. The number of aromatic nitrogens is 1. The average molecular weight is 407 g/mol. The number of pyridine rings is 1. The van der Waals surface area contributed by atoms with Crippen LogP contribution in [-0.4, -0.2) is 35.2 Å². The summed E-state index contributed by atoms with van der Waals surface area (Å²) in [6.07, 6.45) is 0.574. The molecule has 0 spiro atoms. The van der Waals surface area contributed by atoms with Crippen LogP contribution in [0.15, 0.2) is 35.4 Å². The number of nitrogens with zero attached hydrogens (tertiary/aromatic N) is 4. The van der Waals surface area contributed by atoms with Gasteiger partial charge in [-0.05, 0) is 24.0 Å².